The van der Waals surface area contributed by atoms with Crippen molar-refractivity contribution in [1.29, 1.82) is 0 Å². The van der Waals surface area contributed by atoms with Crippen LogP contribution in [0.1, 0.15) is 40.9 Å². The van der Waals surface area contributed by atoms with E-state index in [9.17, 15) is 18.4 Å². The summed E-state index contributed by atoms with van der Waals surface area (Å²) in [6.07, 6.45) is 1.84. The van der Waals surface area contributed by atoms with Gasteiger partial charge in [0.05, 0.1) is 16.8 Å². The van der Waals surface area contributed by atoms with Crippen LogP contribution in [0.3, 0.4) is 0 Å². The molecule has 2 aliphatic rings. The number of fused-ring (bicyclic) bond motifs is 3. The number of hydrogen-bond donors (Lipinski definition) is 3. The first-order valence-corrected chi connectivity index (χ1v) is 9.91. The molecule has 1 fully saturated rings. The number of nitrogens with one attached hydrogen (secondary N) is 2. The molecule has 4 N–H and O–H groups in total. The minimum absolute atomic E-state index is 0.0579. The first-order valence-electron chi connectivity index (χ1n) is 9.91. The molecule has 1 aromatic carbocycles. The lowest BCUT2D eigenvalue weighted by molar-refractivity contribution is -0.117. The molecule has 30 heavy (non-hydrogen) atoms. The average Bonchev–Trinajstić information content (AvgIpc) is 3.04. The van der Waals surface area contributed by atoms with Crippen LogP contribution in [0.25, 0.3) is 10.9 Å². The van der Waals surface area contributed by atoms with E-state index in [4.69, 9.17) is 5.73 Å². The number of nitrogens with zero attached hydrogens (tertiary/aromatic N) is 1. The van der Waals surface area contributed by atoms with Crippen molar-refractivity contribution in [2.45, 2.75) is 44.1 Å². The minimum Gasteiger partial charge on any atom is -0.367 e. The Morgan fingerprint density at radius 3 is 2.87 bits per heavy atom. The van der Waals surface area contributed by atoms with E-state index in [0.717, 1.165) is 6.07 Å². The Labute approximate surface area is 171 Å². The highest BCUT2D eigenvalue weighted by atomic mass is 19.3. The molecule has 0 saturated carbocycles. The van der Waals surface area contributed by atoms with E-state index in [2.05, 4.69) is 16.9 Å². The Hall–Kier alpha value is -2.97. The summed E-state index contributed by atoms with van der Waals surface area (Å²) in [6, 6.07) is 0.831. The maximum absolute atomic E-state index is 15.3. The van der Waals surface area contributed by atoms with Crippen molar-refractivity contribution in [2.75, 3.05) is 18.0 Å². The molecule has 1 saturated heterocycles. The van der Waals surface area contributed by atoms with Gasteiger partial charge >= 0.3 is 0 Å². The van der Waals surface area contributed by atoms with E-state index in [0.29, 0.717) is 42.7 Å². The van der Waals surface area contributed by atoms with Gasteiger partial charge in [-0.15, -0.1) is 0 Å². The zero-order valence-corrected chi connectivity index (χ0v) is 16.4. The third kappa shape index (κ3) is 3.53. The predicted molar refractivity (Wildman–Crippen MR) is 107 cm³/mol. The van der Waals surface area contributed by atoms with Crippen LogP contribution in [-0.4, -0.2) is 41.9 Å². The Morgan fingerprint density at radius 1 is 1.40 bits per heavy atom. The molecule has 1 aliphatic heterocycles. The molecule has 1 atom stereocenters. The fourth-order valence-electron chi connectivity index (χ4n) is 4.57. The zero-order valence-electron chi connectivity index (χ0n) is 16.4. The predicted octanol–water partition coefficient (Wildman–Crippen LogP) is 2.80. The van der Waals surface area contributed by atoms with Gasteiger partial charge in [0.25, 0.3) is 11.8 Å². The first kappa shape index (κ1) is 20.3. The summed E-state index contributed by atoms with van der Waals surface area (Å²) in [5, 5.41) is 3.10. The number of carbonyl (C=O) groups is 2. The highest BCUT2D eigenvalue weighted by molar-refractivity contribution is 6.10. The van der Waals surface area contributed by atoms with Crippen molar-refractivity contribution in [3.8, 4) is 0 Å². The summed E-state index contributed by atoms with van der Waals surface area (Å²) in [5.41, 5.74) is 6.75. The van der Waals surface area contributed by atoms with Gasteiger partial charge in [-0.05, 0) is 37.0 Å². The van der Waals surface area contributed by atoms with Crippen LogP contribution in [0.4, 0.5) is 18.9 Å². The van der Waals surface area contributed by atoms with Gasteiger partial charge in [-0.25, -0.2) is 13.2 Å². The molecule has 2 aromatic rings. The lowest BCUT2D eigenvalue weighted by Gasteiger charge is -2.35. The molecule has 0 spiro atoms. The van der Waals surface area contributed by atoms with E-state index in [1.54, 1.807) is 4.90 Å². The summed E-state index contributed by atoms with van der Waals surface area (Å²) in [6.45, 7) is 4.25. The van der Waals surface area contributed by atoms with Gasteiger partial charge in [-0.3, -0.25) is 9.59 Å². The standard InChI is InChI=1S/C21H23F3N4O2/c1-2-16(29)26-11-4-3-7-28(10-11)19-14(22)8-12(20(25)30)18-17(19)13-9-21(23,24)6-5-15(13)27-18/h2,8,11,27H,1,3-7,9-10H2,(H2,25,30)(H,26,29). The Morgan fingerprint density at radius 2 is 2.17 bits per heavy atom. The topological polar surface area (TPSA) is 91.2 Å². The number of rotatable bonds is 4. The fraction of sp³-hybridized carbons (Fsp3) is 0.429. The van der Waals surface area contributed by atoms with Crippen molar-refractivity contribution >= 4 is 28.4 Å². The zero-order chi connectivity index (χ0) is 21.6. The molecule has 2 amide bonds. The number of benzene rings is 1. The molecule has 1 aliphatic carbocycles. The number of aryl methyl sites for hydroxylation is 1. The second-order valence-electron chi connectivity index (χ2n) is 7.98. The third-order valence-electron chi connectivity index (χ3n) is 5.91. The summed E-state index contributed by atoms with van der Waals surface area (Å²) < 4.78 is 43.7. The quantitative estimate of drug-likeness (QED) is 0.665. The molecule has 0 radical (unpaired) electrons. The second kappa shape index (κ2) is 7.37. The number of halogens is 3. The van der Waals surface area contributed by atoms with Crippen molar-refractivity contribution in [3.63, 3.8) is 0 Å². The normalized spacial score (nSPS) is 20.6. The van der Waals surface area contributed by atoms with Gasteiger partial charge in [0.15, 0.2) is 0 Å². The molecule has 0 bridgehead atoms. The smallest absolute Gasteiger partial charge is 0.252 e. The van der Waals surface area contributed by atoms with Crippen LogP contribution in [0.5, 0.6) is 0 Å². The Kier molecular flexibility index (Phi) is 4.99. The van der Waals surface area contributed by atoms with Crippen molar-refractivity contribution in [3.05, 3.63) is 41.4 Å². The van der Waals surface area contributed by atoms with Crippen LogP contribution in [0.15, 0.2) is 18.7 Å². The number of carbonyl (C=O) groups excluding carboxylic acids is 2. The van der Waals surface area contributed by atoms with Crippen molar-refractivity contribution in [1.82, 2.24) is 10.3 Å². The number of aromatic nitrogens is 1. The van der Waals surface area contributed by atoms with Crippen molar-refractivity contribution < 1.29 is 22.8 Å². The number of hydrogen-bond acceptors (Lipinski definition) is 3. The monoisotopic (exact) mass is 420 g/mol. The molecule has 1 unspecified atom stereocenters. The Bertz CT molecular complexity index is 1050. The van der Waals surface area contributed by atoms with Gasteiger partial charge in [0.2, 0.25) is 5.91 Å². The van der Waals surface area contributed by atoms with Gasteiger partial charge in [0.1, 0.15) is 5.82 Å². The number of primary amides is 1. The maximum atomic E-state index is 15.3. The number of aromatic amines is 1. The Balaban J connectivity index is 1.85. The number of nitrogens with two attached hydrogens (primary N) is 1. The molecule has 1 aromatic heterocycles. The van der Waals surface area contributed by atoms with Crippen molar-refractivity contribution in [2.24, 2.45) is 5.73 Å². The van der Waals surface area contributed by atoms with E-state index >= 15 is 4.39 Å². The largest absolute Gasteiger partial charge is 0.367 e. The fourth-order valence-corrected chi connectivity index (χ4v) is 4.57. The number of amides is 2. The summed E-state index contributed by atoms with van der Waals surface area (Å²) >= 11 is 0. The molecule has 2 heterocycles. The van der Waals surface area contributed by atoms with Crippen LogP contribution in [-0.2, 0) is 17.6 Å². The maximum Gasteiger partial charge on any atom is 0.252 e. The third-order valence-corrected chi connectivity index (χ3v) is 5.91. The van der Waals surface area contributed by atoms with Gasteiger partial charge in [0, 0.05) is 43.1 Å². The molecule has 6 nitrogen and oxygen atoms in total. The number of piperidine rings is 1. The average molecular weight is 420 g/mol. The summed E-state index contributed by atoms with van der Waals surface area (Å²) in [4.78, 5) is 28.4. The molecular formula is C21H23F3N4O2. The van der Waals surface area contributed by atoms with Gasteiger partial charge in [-0.1, -0.05) is 6.58 Å². The van der Waals surface area contributed by atoms with Gasteiger partial charge in [-0.2, -0.15) is 0 Å². The SMILES string of the molecule is C=CC(=O)NC1CCCN(c2c(F)cc(C(N)=O)c3[nH]c4c(c23)CC(F)(F)CC4)C1. The minimum atomic E-state index is -2.90. The summed E-state index contributed by atoms with van der Waals surface area (Å²) in [5.74, 6) is -4.75. The van der Waals surface area contributed by atoms with Crippen LogP contribution in [0, 0.1) is 5.82 Å². The van der Waals surface area contributed by atoms with Gasteiger partial charge < -0.3 is 20.9 Å². The first-order chi connectivity index (χ1) is 14.2. The number of anilines is 1. The molecule has 4 rings (SSSR count). The number of H-pyrrole nitrogens is 1. The second-order valence-corrected chi connectivity index (χ2v) is 7.98. The van der Waals surface area contributed by atoms with E-state index in [1.807, 2.05) is 0 Å². The molecule has 9 heteroatoms. The lowest BCUT2D eigenvalue weighted by Crippen LogP contribution is -2.47. The van der Waals surface area contributed by atoms with E-state index in [-0.39, 0.29) is 41.4 Å². The van der Waals surface area contributed by atoms with E-state index in [1.165, 1.54) is 6.08 Å². The van der Waals surface area contributed by atoms with Crippen LogP contribution >= 0.6 is 0 Å². The molecule has 160 valence electrons. The lowest BCUT2D eigenvalue weighted by atomic mass is 9.91. The number of alkyl halides is 2. The van der Waals surface area contributed by atoms with Crippen LogP contribution in [0.2, 0.25) is 0 Å². The highest BCUT2D eigenvalue weighted by Gasteiger charge is 2.38. The molecular weight excluding hydrogens is 397 g/mol. The van der Waals surface area contributed by atoms with E-state index < -0.39 is 24.1 Å². The van der Waals surface area contributed by atoms with Crippen LogP contribution < -0.4 is 16.0 Å². The highest BCUT2D eigenvalue weighted by Crippen LogP contribution is 2.43. The summed E-state index contributed by atoms with van der Waals surface area (Å²) in [7, 11) is 0.